The Labute approximate surface area is 122 Å². The molecule has 1 aliphatic rings. The standard InChI is InChI=1S/C14H19BrClNO/c1-2-3-12-9-11(6-7-18-12)17-14-8-10(16)4-5-13(14)15/h4-5,8,11-12,17H,2-3,6-7,9H2,1H3. The second kappa shape index (κ2) is 6.78. The van der Waals surface area contributed by atoms with Gasteiger partial charge in [0.15, 0.2) is 0 Å². The molecule has 1 aromatic carbocycles. The zero-order chi connectivity index (χ0) is 13.0. The van der Waals surface area contributed by atoms with E-state index in [9.17, 15) is 0 Å². The summed E-state index contributed by atoms with van der Waals surface area (Å²) < 4.78 is 6.82. The van der Waals surface area contributed by atoms with Crippen molar-refractivity contribution in [3.8, 4) is 0 Å². The zero-order valence-electron chi connectivity index (χ0n) is 10.6. The van der Waals surface area contributed by atoms with Crippen LogP contribution in [0.4, 0.5) is 5.69 Å². The maximum atomic E-state index is 6.03. The molecule has 1 heterocycles. The normalized spacial score (nSPS) is 23.9. The number of anilines is 1. The minimum Gasteiger partial charge on any atom is -0.381 e. The highest BCUT2D eigenvalue weighted by Crippen LogP contribution is 2.29. The Morgan fingerprint density at radius 2 is 2.33 bits per heavy atom. The lowest BCUT2D eigenvalue weighted by atomic mass is 10.00. The summed E-state index contributed by atoms with van der Waals surface area (Å²) in [5, 5.41) is 4.33. The van der Waals surface area contributed by atoms with Crippen LogP contribution in [0.2, 0.25) is 5.02 Å². The summed E-state index contributed by atoms with van der Waals surface area (Å²) in [5.74, 6) is 0. The molecule has 1 N–H and O–H groups in total. The first-order valence-corrected chi connectivity index (χ1v) is 7.69. The van der Waals surface area contributed by atoms with Crippen LogP contribution in [-0.4, -0.2) is 18.8 Å². The van der Waals surface area contributed by atoms with Gasteiger partial charge in [-0.3, -0.25) is 0 Å². The van der Waals surface area contributed by atoms with Gasteiger partial charge < -0.3 is 10.1 Å². The Bertz CT molecular complexity index is 397. The van der Waals surface area contributed by atoms with Gasteiger partial charge in [0.05, 0.1) is 11.8 Å². The fourth-order valence-corrected chi connectivity index (χ4v) is 2.90. The first-order chi connectivity index (χ1) is 8.69. The number of nitrogens with one attached hydrogen (secondary N) is 1. The quantitative estimate of drug-likeness (QED) is 0.850. The second-order valence-corrected chi connectivity index (χ2v) is 6.06. The number of hydrogen-bond donors (Lipinski definition) is 1. The topological polar surface area (TPSA) is 21.3 Å². The summed E-state index contributed by atoms with van der Waals surface area (Å²) in [6.07, 6.45) is 4.86. The van der Waals surface area contributed by atoms with Crippen molar-refractivity contribution in [1.82, 2.24) is 0 Å². The molecule has 2 nitrogen and oxygen atoms in total. The predicted octanol–water partition coefficient (Wildman–Crippen LogP) is 4.86. The molecule has 2 rings (SSSR count). The van der Waals surface area contributed by atoms with Gasteiger partial charge in [0.1, 0.15) is 0 Å². The molecule has 0 spiro atoms. The van der Waals surface area contributed by atoms with Gasteiger partial charge in [0.25, 0.3) is 0 Å². The Kier molecular flexibility index (Phi) is 5.34. The molecule has 0 amide bonds. The minimum atomic E-state index is 0.402. The first-order valence-electron chi connectivity index (χ1n) is 6.52. The second-order valence-electron chi connectivity index (χ2n) is 4.77. The molecule has 0 aliphatic carbocycles. The fraction of sp³-hybridized carbons (Fsp3) is 0.571. The molecule has 1 fully saturated rings. The van der Waals surface area contributed by atoms with Crippen molar-refractivity contribution in [2.75, 3.05) is 11.9 Å². The van der Waals surface area contributed by atoms with Crippen molar-refractivity contribution in [3.63, 3.8) is 0 Å². The van der Waals surface area contributed by atoms with E-state index < -0.39 is 0 Å². The summed E-state index contributed by atoms with van der Waals surface area (Å²) >= 11 is 9.58. The van der Waals surface area contributed by atoms with Gasteiger partial charge in [0.2, 0.25) is 0 Å². The molecule has 0 aromatic heterocycles. The van der Waals surface area contributed by atoms with Crippen LogP contribution in [0.1, 0.15) is 32.6 Å². The molecular formula is C14H19BrClNO. The third kappa shape index (κ3) is 3.87. The lowest BCUT2D eigenvalue weighted by Crippen LogP contribution is -2.34. The Hall–Kier alpha value is -0.250. The summed E-state index contributed by atoms with van der Waals surface area (Å²) in [6.45, 7) is 3.05. The number of halogens is 2. The smallest absolute Gasteiger partial charge is 0.0594 e. The van der Waals surface area contributed by atoms with Crippen LogP contribution in [0.5, 0.6) is 0 Å². The summed E-state index contributed by atoms with van der Waals surface area (Å²) in [5.41, 5.74) is 1.07. The summed E-state index contributed by atoms with van der Waals surface area (Å²) in [6, 6.07) is 6.31. The number of ether oxygens (including phenoxy) is 1. The molecule has 0 saturated carbocycles. The minimum absolute atomic E-state index is 0.402. The number of benzene rings is 1. The monoisotopic (exact) mass is 331 g/mol. The average Bonchev–Trinajstić information content (AvgIpc) is 2.35. The van der Waals surface area contributed by atoms with Crippen molar-refractivity contribution >= 4 is 33.2 Å². The van der Waals surface area contributed by atoms with Gasteiger partial charge in [-0.25, -0.2) is 0 Å². The molecule has 0 bridgehead atoms. The fourth-order valence-electron chi connectivity index (χ4n) is 2.36. The van der Waals surface area contributed by atoms with Crippen LogP contribution < -0.4 is 5.32 Å². The average molecular weight is 333 g/mol. The molecule has 1 saturated heterocycles. The molecule has 2 atom stereocenters. The van der Waals surface area contributed by atoms with Crippen LogP contribution in [0.3, 0.4) is 0 Å². The van der Waals surface area contributed by atoms with E-state index in [2.05, 4.69) is 28.2 Å². The maximum absolute atomic E-state index is 6.03. The number of hydrogen-bond acceptors (Lipinski definition) is 2. The van der Waals surface area contributed by atoms with Gasteiger partial charge >= 0.3 is 0 Å². The number of rotatable bonds is 4. The molecule has 1 aromatic rings. The summed E-state index contributed by atoms with van der Waals surface area (Å²) in [7, 11) is 0. The van der Waals surface area contributed by atoms with E-state index in [4.69, 9.17) is 16.3 Å². The zero-order valence-corrected chi connectivity index (χ0v) is 12.9. The van der Waals surface area contributed by atoms with Gasteiger partial charge in [-0.1, -0.05) is 24.9 Å². The third-order valence-electron chi connectivity index (χ3n) is 3.27. The predicted molar refractivity (Wildman–Crippen MR) is 80.4 cm³/mol. The van der Waals surface area contributed by atoms with E-state index in [1.54, 1.807) is 0 Å². The molecular weight excluding hydrogens is 314 g/mol. The molecule has 1 aliphatic heterocycles. The highest BCUT2D eigenvalue weighted by Gasteiger charge is 2.22. The van der Waals surface area contributed by atoms with Crippen molar-refractivity contribution in [3.05, 3.63) is 27.7 Å². The highest BCUT2D eigenvalue weighted by atomic mass is 79.9. The maximum Gasteiger partial charge on any atom is 0.0594 e. The molecule has 100 valence electrons. The molecule has 4 heteroatoms. The highest BCUT2D eigenvalue weighted by molar-refractivity contribution is 9.10. The van der Waals surface area contributed by atoms with Gasteiger partial charge in [-0.2, -0.15) is 0 Å². The van der Waals surface area contributed by atoms with E-state index in [1.807, 2.05) is 18.2 Å². The SMILES string of the molecule is CCCC1CC(Nc2cc(Cl)ccc2Br)CCO1. The van der Waals surface area contributed by atoms with Crippen LogP contribution in [0.15, 0.2) is 22.7 Å². The van der Waals surface area contributed by atoms with Crippen molar-refractivity contribution < 1.29 is 4.74 Å². The Morgan fingerprint density at radius 3 is 3.11 bits per heavy atom. The molecule has 0 radical (unpaired) electrons. The van der Waals surface area contributed by atoms with E-state index in [1.165, 1.54) is 6.42 Å². The van der Waals surface area contributed by atoms with Crippen molar-refractivity contribution in [1.29, 1.82) is 0 Å². The van der Waals surface area contributed by atoms with E-state index in [-0.39, 0.29) is 0 Å². The third-order valence-corrected chi connectivity index (χ3v) is 4.19. The van der Waals surface area contributed by atoms with Crippen LogP contribution in [-0.2, 0) is 4.74 Å². The largest absolute Gasteiger partial charge is 0.381 e. The van der Waals surface area contributed by atoms with E-state index >= 15 is 0 Å². The van der Waals surface area contributed by atoms with Gasteiger partial charge in [0, 0.05) is 22.1 Å². The van der Waals surface area contributed by atoms with E-state index in [0.717, 1.165) is 41.1 Å². The Balaban J connectivity index is 1.98. The van der Waals surface area contributed by atoms with Gasteiger partial charge in [-0.15, -0.1) is 0 Å². The first kappa shape index (κ1) is 14.2. The van der Waals surface area contributed by atoms with Gasteiger partial charge in [-0.05, 0) is 53.4 Å². The lowest BCUT2D eigenvalue weighted by Gasteiger charge is -2.31. The van der Waals surface area contributed by atoms with Crippen LogP contribution >= 0.6 is 27.5 Å². The van der Waals surface area contributed by atoms with Crippen molar-refractivity contribution in [2.45, 2.75) is 44.8 Å². The van der Waals surface area contributed by atoms with Crippen molar-refractivity contribution in [2.24, 2.45) is 0 Å². The Morgan fingerprint density at radius 1 is 1.50 bits per heavy atom. The van der Waals surface area contributed by atoms with E-state index in [0.29, 0.717) is 12.1 Å². The van der Waals surface area contributed by atoms with Crippen LogP contribution in [0, 0.1) is 0 Å². The molecule has 2 unspecified atom stereocenters. The molecule has 18 heavy (non-hydrogen) atoms. The lowest BCUT2D eigenvalue weighted by molar-refractivity contribution is 0.00597. The van der Waals surface area contributed by atoms with Crippen LogP contribution in [0.25, 0.3) is 0 Å². The summed E-state index contributed by atoms with van der Waals surface area (Å²) in [4.78, 5) is 0.